The lowest BCUT2D eigenvalue weighted by molar-refractivity contribution is -0.144. The Labute approximate surface area is 120 Å². The molecule has 0 heterocycles. The third-order valence-electron chi connectivity index (χ3n) is 4.12. The fourth-order valence-corrected chi connectivity index (χ4v) is 2.74. The van der Waals surface area contributed by atoms with Gasteiger partial charge in [-0.25, -0.2) is 0 Å². The summed E-state index contributed by atoms with van der Waals surface area (Å²) in [5, 5.41) is 30.2. The maximum atomic E-state index is 11.3. The van der Waals surface area contributed by atoms with Gasteiger partial charge in [0.05, 0.1) is 0 Å². The first kappa shape index (κ1) is 17.4. The van der Waals surface area contributed by atoms with E-state index in [1.54, 1.807) is 0 Å². The lowest BCUT2D eigenvalue weighted by Gasteiger charge is -2.25. The first-order valence-electron chi connectivity index (χ1n) is 7.56. The average molecular weight is 286 g/mol. The number of nitrogens with two attached hydrogens (primary N) is 1. The van der Waals surface area contributed by atoms with E-state index in [9.17, 15) is 9.90 Å². The first-order valence-corrected chi connectivity index (χ1v) is 7.56. The van der Waals surface area contributed by atoms with Crippen LogP contribution in [0, 0.1) is 0 Å². The fraction of sp³-hybridized carbons (Fsp3) is 0.923. The van der Waals surface area contributed by atoms with Gasteiger partial charge in [-0.3, -0.25) is 4.79 Å². The Hall–Kier alpha value is -0.625. The molecule has 1 aliphatic carbocycles. The van der Waals surface area contributed by atoms with Gasteiger partial charge in [0.15, 0.2) is 0 Å². The van der Waals surface area contributed by atoms with E-state index >= 15 is 0 Å². The highest BCUT2D eigenvalue weighted by Gasteiger charge is 2.33. The molecule has 0 aliphatic heterocycles. The highest BCUT2D eigenvalue weighted by atomic mass is 16.4. The summed E-state index contributed by atoms with van der Waals surface area (Å²) in [6.07, 6.45) is 7.00. The molecule has 0 saturated heterocycles. The number of rotatable bonds is 10. The number of carboxylic acid groups (broad SMARTS) is 1. The second kappa shape index (κ2) is 8.62. The first-order chi connectivity index (χ1) is 9.44. The molecule has 0 aromatic heterocycles. The van der Waals surface area contributed by atoms with E-state index < -0.39 is 18.6 Å². The van der Waals surface area contributed by atoms with Gasteiger partial charge in [-0.15, -0.1) is 0 Å². The Bertz CT molecular complexity index is 298. The van der Waals surface area contributed by atoms with Crippen LogP contribution in [0.3, 0.4) is 0 Å². The molecular formula is C13H27BN2O4. The van der Waals surface area contributed by atoms with Crippen molar-refractivity contribution < 1.29 is 19.9 Å². The van der Waals surface area contributed by atoms with Gasteiger partial charge in [0, 0.05) is 6.04 Å². The molecule has 0 spiro atoms. The van der Waals surface area contributed by atoms with Crippen LogP contribution in [-0.2, 0) is 4.79 Å². The van der Waals surface area contributed by atoms with Crippen LogP contribution < -0.4 is 11.1 Å². The maximum Gasteiger partial charge on any atom is 0.451 e. The number of carboxylic acids is 1. The Balaban J connectivity index is 2.27. The summed E-state index contributed by atoms with van der Waals surface area (Å²) in [7, 11) is -1.32. The van der Waals surface area contributed by atoms with Crippen LogP contribution >= 0.6 is 0 Å². The van der Waals surface area contributed by atoms with Crippen LogP contribution in [0.5, 0.6) is 0 Å². The molecule has 0 bridgehead atoms. The predicted octanol–water partition coefficient (Wildman–Crippen LogP) is 0.334. The van der Waals surface area contributed by atoms with Crippen molar-refractivity contribution in [2.45, 2.75) is 69.3 Å². The Morgan fingerprint density at radius 2 is 1.90 bits per heavy atom. The number of aliphatic carboxylic acids is 1. The molecule has 6 N–H and O–H groups in total. The van der Waals surface area contributed by atoms with Crippen molar-refractivity contribution in [2.75, 3.05) is 6.54 Å². The van der Waals surface area contributed by atoms with Gasteiger partial charge < -0.3 is 26.2 Å². The van der Waals surface area contributed by atoms with E-state index in [0.717, 1.165) is 0 Å². The lowest BCUT2D eigenvalue weighted by atomic mass is 9.81. The Morgan fingerprint density at radius 3 is 2.45 bits per heavy atom. The SMILES string of the molecule is NC(CCCCB(O)O)(CCNC1CCCC1)C(=O)O. The zero-order chi connectivity index (χ0) is 15.0. The van der Waals surface area contributed by atoms with Crippen LogP contribution in [-0.4, -0.2) is 46.4 Å². The van der Waals surface area contributed by atoms with Crippen molar-refractivity contribution in [3.05, 3.63) is 0 Å². The average Bonchev–Trinajstić information content (AvgIpc) is 2.87. The summed E-state index contributed by atoms with van der Waals surface area (Å²) < 4.78 is 0. The molecule has 1 fully saturated rings. The molecule has 1 rings (SSSR count). The van der Waals surface area contributed by atoms with Gasteiger partial charge in [-0.05, 0) is 38.5 Å². The Kier molecular flexibility index (Phi) is 7.51. The van der Waals surface area contributed by atoms with Crippen molar-refractivity contribution in [2.24, 2.45) is 5.73 Å². The smallest absolute Gasteiger partial charge is 0.451 e. The molecule has 6 nitrogen and oxygen atoms in total. The number of hydrogen-bond acceptors (Lipinski definition) is 5. The van der Waals surface area contributed by atoms with Crippen molar-refractivity contribution in [1.82, 2.24) is 5.32 Å². The highest BCUT2D eigenvalue weighted by molar-refractivity contribution is 6.40. The monoisotopic (exact) mass is 286 g/mol. The van der Waals surface area contributed by atoms with E-state index in [1.807, 2.05) is 0 Å². The van der Waals surface area contributed by atoms with E-state index in [4.69, 9.17) is 15.8 Å². The zero-order valence-corrected chi connectivity index (χ0v) is 12.1. The third-order valence-corrected chi connectivity index (χ3v) is 4.12. The van der Waals surface area contributed by atoms with Crippen LogP contribution in [0.2, 0.25) is 6.32 Å². The minimum atomic E-state index is -1.32. The third kappa shape index (κ3) is 6.22. The molecule has 0 radical (unpaired) electrons. The lowest BCUT2D eigenvalue weighted by Crippen LogP contribution is -2.50. The molecule has 1 saturated carbocycles. The highest BCUT2D eigenvalue weighted by Crippen LogP contribution is 2.20. The van der Waals surface area contributed by atoms with Crippen molar-refractivity contribution in [3.63, 3.8) is 0 Å². The molecule has 116 valence electrons. The van der Waals surface area contributed by atoms with Gasteiger partial charge in [0.2, 0.25) is 0 Å². The second-order valence-corrected chi connectivity index (χ2v) is 5.87. The summed E-state index contributed by atoms with van der Waals surface area (Å²) in [6, 6.07) is 0.512. The molecule has 0 aromatic carbocycles. The molecule has 1 aliphatic rings. The minimum Gasteiger partial charge on any atom is -0.480 e. The number of nitrogens with one attached hydrogen (secondary N) is 1. The summed E-state index contributed by atoms with van der Waals surface area (Å²) >= 11 is 0. The number of unbranched alkanes of at least 4 members (excludes halogenated alkanes) is 1. The van der Waals surface area contributed by atoms with Crippen LogP contribution in [0.15, 0.2) is 0 Å². The standard InChI is InChI=1S/C13H27BN2O4/c15-13(12(17)18,7-3-4-9-14(19)20)8-10-16-11-5-1-2-6-11/h11,16,19-20H,1-10,15H2,(H,17,18). The van der Waals surface area contributed by atoms with Gasteiger partial charge >= 0.3 is 13.1 Å². The summed E-state index contributed by atoms with van der Waals surface area (Å²) in [5.74, 6) is -0.977. The largest absolute Gasteiger partial charge is 0.480 e. The number of carbonyl (C=O) groups is 1. The molecule has 1 unspecified atom stereocenters. The molecule has 20 heavy (non-hydrogen) atoms. The molecule has 0 aromatic rings. The summed E-state index contributed by atoms with van der Waals surface area (Å²) in [6.45, 7) is 0.621. The molecule has 7 heteroatoms. The zero-order valence-electron chi connectivity index (χ0n) is 12.1. The van der Waals surface area contributed by atoms with Crippen LogP contribution in [0.25, 0.3) is 0 Å². The van der Waals surface area contributed by atoms with E-state index in [0.29, 0.717) is 38.3 Å². The van der Waals surface area contributed by atoms with Gasteiger partial charge in [-0.1, -0.05) is 25.7 Å². The van der Waals surface area contributed by atoms with Crippen LogP contribution in [0.4, 0.5) is 0 Å². The van der Waals surface area contributed by atoms with Crippen molar-refractivity contribution in [1.29, 1.82) is 0 Å². The van der Waals surface area contributed by atoms with Crippen molar-refractivity contribution in [3.8, 4) is 0 Å². The summed E-state index contributed by atoms with van der Waals surface area (Å²) in [4.78, 5) is 11.3. The number of hydrogen-bond donors (Lipinski definition) is 5. The normalized spacial score (nSPS) is 18.9. The quantitative estimate of drug-likeness (QED) is 0.292. The molecule has 0 amide bonds. The maximum absolute atomic E-state index is 11.3. The van der Waals surface area contributed by atoms with Gasteiger partial charge in [0.25, 0.3) is 0 Å². The van der Waals surface area contributed by atoms with Gasteiger partial charge in [0.1, 0.15) is 5.54 Å². The summed E-state index contributed by atoms with van der Waals surface area (Å²) in [5.41, 5.74) is 4.76. The van der Waals surface area contributed by atoms with Gasteiger partial charge in [-0.2, -0.15) is 0 Å². The minimum absolute atomic E-state index is 0.260. The molecule has 1 atom stereocenters. The van der Waals surface area contributed by atoms with E-state index in [1.165, 1.54) is 25.7 Å². The fourth-order valence-electron chi connectivity index (χ4n) is 2.74. The second-order valence-electron chi connectivity index (χ2n) is 5.87. The van der Waals surface area contributed by atoms with E-state index in [2.05, 4.69) is 5.32 Å². The van der Waals surface area contributed by atoms with Crippen LogP contribution in [0.1, 0.15) is 51.4 Å². The topological polar surface area (TPSA) is 116 Å². The van der Waals surface area contributed by atoms with E-state index in [-0.39, 0.29) is 6.32 Å². The van der Waals surface area contributed by atoms with Crippen molar-refractivity contribution >= 4 is 13.1 Å². The predicted molar refractivity (Wildman–Crippen MR) is 78.3 cm³/mol. The molecular weight excluding hydrogens is 259 g/mol. The Morgan fingerprint density at radius 1 is 1.25 bits per heavy atom.